The number of nitrogens with one attached hydrogen (secondary N) is 1. The average Bonchev–Trinajstić information content (AvgIpc) is 3.04. The van der Waals surface area contributed by atoms with Gasteiger partial charge in [0.1, 0.15) is 6.10 Å². The molecule has 86 valence electrons. The Balaban J connectivity index is 1.84. The van der Waals surface area contributed by atoms with Crippen molar-refractivity contribution in [1.82, 2.24) is 0 Å². The van der Waals surface area contributed by atoms with Crippen molar-refractivity contribution in [2.75, 3.05) is 5.32 Å². The molecule has 1 N–H and O–H groups in total. The van der Waals surface area contributed by atoms with Crippen LogP contribution in [0.3, 0.4) is 0 Å². The van der Waals surface area contributed by atoms with E-state index in [1.807, 2.05) is 31.2 Å². The van der Waals surface area contributed by atoms with E-state index in [0.717, 1.165) is 9.26 Å². The maximum Gasteiger partial charge on any atom is 0.411 e. The first-order valence-corrected chi connectivity index (χ1v) is 6.46. The minimum absolute atomic E-state index is 0.0313. The largest absolute Gasteiger partial charge is 0.446 e. The van der Waals surface area contributed by atoms with Crippen LogP contribution in [0.2, 0.25) is 0 Å². The highest BCUT2D eigenvalue weighted by Gasteiger charge is 2.30. The number of hydrogen-bond acceptors (Lipinski definition) is 2. The minimum atomic E-state index is -0.361. The molecule has 0 aliphatic heterocycles. The van der Waals surface area contributed by atoms with Gasteiger partial charge in [-0.3, -0.25) is 5.32 Å². The molecule has 1 fully saturated rings. The van der Waals surface area contributed by atoms with E-state index >= 15 is 0 Å². The summed E-state index contributed by atoms with van der Waals surface area (Å²) in [6.07, 6.45) is 2.03. The van der Waals surface area contributed by atoms with E-state index in [0.29, 0.717) is 5.92 Å². The third kappa shape index (κ3) is 3.37. The van der Waals surface area contributed by atoms with Crippen LogP contribution in [0.1, 0.15) is 19.8 Å². The Labute approximate surface area is 109 Å². The lowest BCUT2D eigenvalue weighted by Gasteiger charge is -2.12. The summed E-state index contributed by atoms with van der Waals surface area (Å²) in [6.45, 7) is 1.95. The Hall–Kier alpha value is -0.780. The Kier molecular flexibility index (Phi) is 3.68. The van der Waals surface area contributed by atoms with Crippen LogP contribution in [0.15, 0.2) is 24.3 Å². The van der Waals surface area contributed by atoms with Gasteiger partial charge in [0, 0.05) is 9.26 Å². The molecule has 0 spiro atoms. The van der Waals surface area contributed by atoms with Crippen LogP contribution in [0.4, 0.5) is 10.5 Å². The van der Waals surface area contributed by atoms with Gasteiger partial charge in [-0.1, -0.05) is 0 Å². The van der Waals surface area contributed by atoms with Crippen LogP contribution in [0.5, 0.6) is 0 Å². The fraction of sp³-hybridized carbons (Fsp3) is 0.417. The first kappa shape index (κ1) is 11.7. The number of anilines is 1. The zero-order chi connectivity index (χ0) is 11.5. The topological polar surface area (TPSA) is 38.3 Å². The molecule has 0 radical (unpaired) electrons. The average molecular weight is 331 g/mol. The summed E-state index contributed by atoms with van der Waals surface area (Å²) in [5.74, 6) is 0.572. The molecule has 0 heterocycles. The third-order valence-electron chi connectivity index (χ3n) is 2.67. The van der Waals surface area contributed by atoms with E-state index in [9.17, 15) is 4.79 Å². The fourth-order valence-corrected chi connectivity index (χ4v) is 1.87. The van der Waals surface area contributed by atoms with Gasteiger partial charge < -0.3 is 4.74 Å². The van der Waals surface area contributed by atoms with Crippen LogP contribution in [0.25, 0.3) is 0 Å². The Morgan fingerprint density at radius 2 is 2.06 bits per heavy atom. The molecule has 16 heavy (non-hydrogen) atoms. The van der Waals surface area contributed by atoms with Gasteiger partial charge in [0.05, 0.1) is 0 Å². The van der Waals surface area contributed by atoms with Crippen molar-refractivity contribution in [3.8, 4) is 0 Å². The molecular formula is C12H14INO2. The van der Waals surface area contributed by atoms with Crippen molar-refractivity contribution in [1.29, 1.82) is 0 Å². The first-order valence-electron chi connectivity index (χ1n) is 5.38. The summed E-state index contributed by atoms with van der Waals surface area (Å²) < 4.78 is 6.40. The van der Waals surface area contributed by atoms with E-state index < -0.39 is 0 Å². The van der Waals surface area contributed by atoms with Gasteiger partial charge in [-0.2, -0.15) is 0 Å². The van der Waals surface area contributed by atoms with Gasteiger partial charge in [-0.25, -0.2) is 4.79 Å². The second-order valence-electron chi connectivity index (χ2n) is 4.08. The summed E-state index contributed by atoms with van der Waals surface area (Å²) in [5, 5.41) is 2.72. The van der Waals surface area contributed by atoms with E-state index in [-0.39, 0.29) is 12.2 Å². The van der Waals surface area contributed by atoms with Gasteiger partial charge in [0.2, 0.25) is 0 Å². The van der Waals surface area contributed by atoms with Gasteiger partial charge >= 0.3 is 6.09 Å². The van der Waals surface area contributed by atoms with Crippen LogP contribution in [-0.2, 0) is 4.74 Å². The molecule has 1 aromatic carbocycles. The lowest BCUT2D eigenvalue weighted by Crippen LogP contribution is -2.21. The number of hydrogen-bond donors (Lipinski definition) is 1. The molecule has 0 aromatic heterocycles. The van der Waals surface area contributed by atoms with Gasteiger partial charge in [-0.15, -0.1) is 0 Å². The Morgan fingerprint density at radius 3 is 2.62 bits per heavy atom. The number of rotatable bonds is 3. The molecule has 3 nitrogen and oxygen atoms in total. The van der Waals surface area contributed by atoms with Crippen LogP contribution < -0.4 is 5.32 Å². The van der Waals surface area contributed by atoms with Crippen molar-refractivity contribution in [2.24, 2.45) is 5.92 Å². The molecule has 1 amide bonds. The molecule has 1 unspecified atom stereocenters. The van der Waals surface area contributed by atoms with E-state index in [4.69, 9.17) is 4.74 Å². The van der Waals surface area contributed by atoms with Crippen molar-refractivity contribution < 1.29 is 9.53 Å². The maximum atomic E-state index is 11.5. The third-order valence-corrected chi connectivity index (χ3v) is 3.39. The van der Waals surface area contributed by atoms with E-state index in [1.54, 1.807) is 0 Å². The monoisotopic (exact) mass is 331 g/mol. The smallest absolute Gasteiger partial charge is 0.411 e. The molecule has 1 aliphatic carbocycles. The second kappa shape index (κ2) is 5.03. The van der Waals surface area contributed by atoms with Crippen molar-refractivity contribution in [2.45, 2.75) is 25.9 Å². The standard InChI is InChI=1S/C12H14INO2/c1-8(9-2-3-9)16-12(15)14-11-6-4-10(13)5-7-11/h4-9H,2-3H2,1H3,(H,14,15). The normalized spacial score (nSPS) is 16.6. The zero-order valence-corrected chi connectivity index (χ0v) is 11.2. The van der Waals surface area contributed by atoms with E-state index in [1.165, 1.54) is 12.8 Å². The van der Waals surface area contributed by atoms with Crippen molar-refractivity contribution >= 4 is 34.4 Å². The van der Waals surface area contributed by atoms with Crippen molar-refractivity contribution in [3.63, 3.8) is 0 Å². The highest BCUT2D eigenvalue weighted by molar-refractivity contribution is 14.1. The SMILES string of the molecule is CC(OC(=O)Nc1ccc(I)cc1)C1CC1. The van der Waals surface area contributed by atoms with Gasteiger partial charge in [0.25, 0.3) is 0 Å². The molecular weight excluding hydrogens is 317 g/mol. The van der Waals surface area contributed by atoms with Crippen LogP contribution in [-0.4, -0.2) is 12.2 Å². The molecule has 1 aromatic rings. The molecule has 1 atom stereocenters. The lowest BCUT2D eigenvalue weighted by molar-refractivity contribution is 0.108. The Bertz CT molecular complexity index is 373. The predicted molar refractivity (Wildman–Crippen MR) is 71.4 cm³/mol. The summed E-state index contributed by atoms with van der Waals surface area (Å²) >= 11 is 2.22. The summed E-state index contributed by atoms with van der Waals surface area (Å²) in [5.41, 5.74) is 0.772. The Morgan fingerprint density at radius 1 is 1.44 bits per heavy atom. The fourth-order valence-electron chi connectivity index (χ4n) is 1.51. The minimum Gasteiger partial charge on any atom is -0.446 e. The quantitative estimate of drug-likeness (QED) is 0.859. The lowest BCUT2D eigenvalue weighted by atomic mass is 10.3. The first-order chi connectivity index (χ1) is 7.65. The predicted octanol–water partition coefficient (Wildman–Crippen LogP) is 3.64. The zero-order valence-electron chi connectivity index (χ0n) is 9.07. The number of ether oxygens (including phenoxy) is 1. The number of benzene rings is 1. The van der Waals surface area contributed by atoms with E-state index in [2.05, 4.69) is 27.9 Å². The molecule has 1 saturated carbocycles. The molecule has 2 rings (SSSR count). The number of carbonyl (C=O) groups excluding carboxylic acids is 1. The van der Waals surface area contributed by atoms with Crippen LogP contribution >= 0.6 is 22.6 Å². The maximum absolute atomic E-state index is 11.5. The highest BCUT2D eigenvalue weighted by atomic mass is 127. The molecule has 1 aliphatic rings. The number of carbonyl (C=O) groups is 1. The summed E-state index contributed by atoms with van der Waals surface area (Å²) in [6, 6.07) is 7.62. The summed E-state index contributed by atoms with van der Waals surface area (Å²) in [4.78, 5) is 11.5. The number of halogens is 1. The molecule has 4 heteroatoms. The number of amides is 1. The van der Waals surface area contributed by atoms with Gasteiger partial charge in [0.15, 0.2) is 0 Å². The van der Waals surface area contributed by atoms with Crippen molar-refractivity contribution in [3.05, 3.63) is 27.8 Å². The highest BCUT2D eigenvalue weighted by Crippen LogP contribution is 2.34. The molecule has 0 saturated heterocycles. The second-order valence-corrected chi connectivity index (χ2v) is 5.33. The van der Waals surface area contributed by atoms with Crippen LogP contribution in [0, 0.1) is 9.49 Å². The summed E-state index contributed by atoms with van der Waals surface area (Å²) in [7, 11) is 0. The molecule has 0 bridgehead atoms. The van der Waals surface area contributed by atoms with Gasteiger partial charge in [-0.05, 0) is 72.5 Å².